The van der Waals surface area contributed by atoms with E-state index in [1.165, 1.54) is 5.56 Å². The predicted octanol–water partition coefficient (Wildman–Crippen LogP) is 8.54. The summed E-state index contributed by atoms with van der Waals surface area (Å²) in [6, 6.07) is 18.0. The maximum atomic E-state index is 13.3. The van der Waals surface area contributed by atoms with Crippen LogP contribution in [0.25, 0.3) is 0 Å². The van der Waals surface area contributed by atoms with Crippen LogP contribution in [-0.4, -0.2) is 27.9 Å². The van der Waals surface area contributed by atoms with Crippen LogP contribution in [0.1, 0.15) is 65.5 Å². The Labute approximate surface area is 209 Å². The number of likely N-dealkylation sites (tertiary alicyclic amines) is 1. The van der Waals surface area contributed by atoms with Crippen LogP contribution in [0.4, 0.5) is 0 Å². The number of thioether (sulfide) groups is 1. The largest absolute Gasteiger partial charge is 0.331 e. The Kier molecular flexibility index (Phi) is 11.4. The van der Waals surface area contributed by atoms with Gasteiger partial charge >= 0.3 is 0 Å². The molecule has 3 rings (SSSR count). The predicted molar refractivity (Wildman–Crippen MR) is 142 cm³/mol. The van der Waals surface area contributed by atoms with E-state index < -0.39 is 0 Å². The first-order valence-electron chi connectivity index (χ1n) is 11.6. The summed E-state index contributed by atoms with van der Waals surface area (Å²) in [6.07, 6.45) is 2.97. The van der Waals surface area contributed by atoms with Gasteiger partial charge in [0.2, 0.25) is 5.91 Å². The molecule has 1 aliphatic heterocycles. The Balaban J connectivity index is 0.000000439. The van der Waals surface area contributed by atoms with Crippen molar-refractivity contribution in [2.24, 2.45) is 11.8 Å². The van der Waals surface area contributed by atoms with Crippen LogP contribution in [0, 0.1) is 11.8 Å². The summed E-state index contributed by atoms with van der Waals surface area (Å²) in [4.78, 5) is 15.5. The highest BCUT2D eigenvalue weighted by molar-refractivity contribution is 7.99. The van der Waals surface area contributed by atoms with Gasteiger partial charge in [-0.25, -0.2) is 0 Å². The Morgan fingerprint density at radius 1 is 0.938 bits per heavy atom. The van der Waals surface area contributed by atoms with E-state index in [4.69, 9.17) is 23.2 Å². The first-order chi connectivity index (χ1) is 15.2. The molecule has 2 aromatic carbocycles. The number of hydrogen-bond donors (Lipinski definition) is 0. The molecule has 1 saturated heterocycles. The lowest BCUT2D eigenvalue weighted by molar-refractivity contribution is -0.146. The van der Waals surface area contributed by atoms with E-state index in [0.717, 1.165) is 35.1 Å². The lowest BCUT2D eigenvalue weighted by Crippen LogP contribution is -2.52. The Hall–Kier alpha value is -1.16. The molecule has 176 valence electrons. The van der Waals surface area contributed by atoms with Gasteiger partial charge in [0, 0.05) is 27.8 Å². The summed E-state index contributed by atoms with van der Waals surface area (Å²) in [5.41, 5.74) is 1.22. The van der Waals surface area contributed by atoms with Crippen molar-refractivity contribution in [1.29, 1.82) is 0 Å². The van der Waals surface area contributed by atoms with Gasteiger partial charge in [0.05, 0.1) is 6.04 Å². The SMILES string of the molecule is CCC1CCC(c2ccc(Cl)cc2)N(C(CSC(C)C)C(C)C)C1=O.Clc1ccccc1. The van der Waals surface area contributed by atoms with Crippen molar-refractivity contribution in [3.8, 4) is 0 Å². The van der Waals surface area contributed by atoms with E-state index >= 15 is 0 Å². The fraction of sp³-hybridized carbons (Fsp3) is 0.519. The number of benzene rings is 2. The molecule has 0 radical (unpaired) electrons. The van der Waals surface area contributed by atoms with Crippen LogP contribution < -0.4 is 0 Å². The number of nitrogens with zero attached hydrogens (tertiary/aromatic N) is 1. The number of hydrogen-bond acceptors (Lipinski definition) is 2. The molecule has 32 heavy (non-hydrogen) atoms. The van der Waals surface area contributed by atoms with Gasteiger partial charge in [0.25, 0.3) is 0 Å². The van der Waals surface area contributed by atoms with Crippen molar-refractivity contribution >= 4 is 40.9 Å². The van der Waals surface area contributed by atoms with Crippen LogP contribution in [0.15, 0.2) is 54.6 Å². The molecule has 0 N–H and O–H groups in total. The maximum Gasteiger partial charge on any atom is 0.226 e. The highest BCUT2D eigenvalue weighted by Crippen LogP contribution is 2.39. The highest BCUT2D eigenvalue weighted by Gasteiger charge is 2.40. The molecule has 3 unspecified atom stereocenters. The minimum atomic E-state index is 0.174. The van der Waals surface area contributed by atoms with Gasteiger partial charge in [0.1, 0.15) is 0 Å². The first kappa shape index (κ1) is 27.1. The normalized spacial score (nSPS) is 19.7. The van der Waals surface area contributed by atoms with Crippen LogP contribution in [0.2, 0.25) is 10.0 Å². The zero-order valence-corrected chi connectivity index (χ0v) is 22.3. The molecule has 0 spiro atoms. The first-order valence-corrected chi connectivity index (χ1v) is 13.4. The molecular formula is C27H37Cl2NOS. The van der Waals surface area contributed by atoms with Gasteiger partial charge < -0.3 is 4.90 Å². The molecule has 2 aromatic rings. The van der Waals surface area contributed by atoms with Crippen molar-refractivity contribution in [3.63, 3.8) is 0 Å². The summed E-state index contributed by atoms with van der Waals surface area (Å²) in [5, 5.41) is 2.12. The average Bonchev–Trinajstić information content (AvgIpc) is 2.76. The van der Waals surface area contributed by atoms with Gasteiger partial charge in [-0.1, -0.05) is 88.2 Å². The maximum absolute atomic E-state index is 13.3. The van der Waals surface area contributed by atoms with E-state index in [2.05, 4.69) is 51.7 Å². The van der Waals surface area contributed by atoms with Gasteiger partial charge in [0.15, 0.2) is 0 Å². The van der Waals surface area contributed by atoms with Gasteiger partial charge in [-0.2, -0.15) is 11.8 Å². The van der Waals surface area contributed by atoms with Gasteiger partial charge in [-0.15, -0.1) is 0 Å². The van der Waals surface area contributed by atoms with Crippen molar-refractivity contribution in [1.82, 2.24) is 4.90 Å². The zero-order chi connectivity index (χ0) is 23.7. The highest BCUT2D eigenvalue weighted by atomic mass is 35.5. The van der Waals surface area contributed by atoms with Gasteiger partial charge in [-0.05, 0) is 60.3 Å². The Morgan fingerprint density at radius 2 is 1.53 bits per heavy atom. The van der Waals surface area contributed by atoms with E-state index in [0.29, 0.717) is 17.1 Å². The number of carbonyl (C=O) groups excluding carboxylic acids is 1. The zero-order valence-electron chi connectivity index (χ0n) is 19.9. The molecule has 3 atom stereocenters. The smallest absolute Gasteiger partial charge is 0.226 e. The third-order valence-corrected chi connectivity index (χ3v) is 7.64. The standard InChI is InChI=1S/C21H32ClNOS.C6H5Cl/c1-6-16-9-12-19(17-7-10-18(22)11-8-17)23(21(16)24)20(14(2)3)13-25-15(4)5;7-6-4-2-1-3-5-6/h7-8,10-11,14-16,19-20H,6,9,12-13H2,1-5H3;1-5H. The molecule has 1 fully saturated rings. The second kappa shape index (κ2) is 13.5. The van der Waals surface area contributed by atoms with Crippen molar-refractivity contribution in [2.45, 2.75) is 71.2 Å². The quantitative estimate of drug-likeness (QED) is 0.384. The minimum absolute atomic E-state index is 0.174. The molecule has 1 heterocycles. The number of halogens is 2. The molecule has 1 amide bonds. The van der Waals surface area contributed by atoms with Crippen LogP contribution in [-0.2, 0) is 4.79 Å². The molecule has 0 bridgehead atoms. The van der Waals surface area contributed by atoms with E-state index in [-0.39, 0.29) is 18.0 Å². The molecule has 1 aliphatic rings. The second-order valence-corrected chi connectivity index (χ2v) is 11.5. The van der Waals surface area contributed by atoms with Crippen LogP contribution in [0.3, 0.4) is 0 Å². The molecule has 2 nitrogen and oxygen atoms in total. The fourth-order valence-electron chi connectivity index (χ4n) is 4.07. The molecule has 0 saturated carbocycles. The summed E-state index contributed by atoms with van der Waals surface area (Å²) in [7, 11) is 0. The molecule has 0 aromatic heterocycles. The number of amides is 1. The van der Waals surface area contributed by atoms with Crippen LogP contribution in [0.5, 0.6) is 0 Å². The van der Waals surface area contributed by atoms with Crippen molar-refractivity contribution in [2.75, 3.05) is 5.75 Å². The molecule has 0 aliphatic carbocycles. The number of piperidine rings is 1. The third-order valence-electron chi connectivity index (χ3n) is 5.94. The summed E-state index contributed by atoms with van der Waals surface area (Å²) >= 11 is 13.6. The minimum Gasteiger partial charge on any atom is -0.331 e. The van der Waals surface area contributed by atoms with E-state index in [9.17, 15) is 4.79 Å². The summed E-state index contributed by atoms with van der Waals surface area (Å²) in [6.45, 7) is 11.1. The average molecular weight is 495 g/mol. The Morgan fingerprint density at radius 3 is 2.00 bits per heavy atom. The molecular weight excluding hydrogens is 457 g/mol. The summed E-state index contributed by atoms with van der Waals surface area (Å²) < 4.78 is 0. The van der Waals surface area contributed by atoms with E-state index in [1.807, 2.05) is 54.2 Å². The van der Waals surface area contributed by atoms with Crippen molar-refractivity contribution in [3.05, 3.63) is 70.2 Å². The second-order valence-electron chi connectivity index (χ2n) is 8.98. The topological polar surface area (TPSA) is 20.3 Å². The van der Waals surface area contributed by atoms with Gasteiger partial charge in [-0.3, -0.25) is 4.79 Å². The fourth-order valence-corrected chi connectivity index (χ4v) is 5.47. The van der Waals surface area contributed by atoms with Crippen LogP contribution >= 0.6 is 35.0 Å². The molecule has 5 heteroatoms. The lowest BCUT2D eigenvalue weighted by atomic mass is 9.84. The van der Waals surface area contributed by atoms with Crippen molar-refractivity contribution < 1.29 is 4.79 Å². The number of rotatable bonds is 7. The Bertz CT molecular complexity index is 810. The monoisotopic (exact) mass is 493 g/mol. The van der Waals surface area contributed by atoms with E-state index in [1.54, 1.807) is 0 Å². The summed E-state index contributed by atoms with van der Waals surface area (Å²) in [5.74, 6) is 1.97. The lowest BCUT2D eigenvalue weighted by Gasteiger charge is -2.46. The number of carbonyl (C=O) groups is 1. The third kappa shape index (κ3) is 8.01.